The van der Waals surface area contributed by atoms with Crippen LogP contribution in [0.4, 0.5) is 0 Å². The van der Waals surface area contributed by atoms with Crippen molar-refractivity contribution in [2.75, 3.05) is 0 Å². The van der Waals surface area contributed by atoms with Gasteiger partial charge in [-0.15, -0.1) is 5.10 Å². The van der Waals surface area contributed by atoms with E-state index in [1.165, 1.54) is 0 Å². The Bertz CT molecular complexity index is 1650. The van der Waals surface area contributed by atoms with Crippen LogP contribution in [-0.4, -0.2) is 25.9 Å². The molecule has 0 spiro atoms. The van der Waals surface area contributed by atoms with Crippen molar-refractivity contribution in [2.24, 2.45) is 0 Å². The standard InChI is InChI=1S/C26H18N4O4/c31-25-19-8-2-4-10-22(19)28-29-30(25)15-34-26(32)23-18-7-1-3-9-21(18)27-24-16(11-12-20(23)24)14-17-6-5-13-33-17/h1-10,13-14H,11-12,15H2/b16-14+. The van der Waals surface area contributed by atoms with E-state index >= 15 is 0 Å². The first kappa shape index (κ1) is 20.0. The number of nitrogens with zero attached hydrogens (tertiary/aromatic N) is 4. The van der Waals surface area contributed by atoms with E-state index in [9.17, 15) is 9.59 Å². The van der Waals surface area contributed by atoms with Gasteiger partial charge in [-0.1, -0.05) is 35.5 Å². The van der Waals surface area contributed by atoms with Crippen molar-refractivity contribution in [3.8, 4) is 0 Å². The highest BCUT2D eigenvalue weighted by Gasteiger charge is 2.28. The average Bonchev–Trinajstić information content (AvgIpc) is 3.52. The fourth-order valence-electron chi connectivity index (χ4n) is 4.36. The molecule has 0 amide bonds. The Labute approximate surface area is 193 Å². The van der Waals surface area contributed by atoms with Gasteiger partial charge in [0.25, 0.3) is 5.56 Å². The van der Waals surface area contributed by atoms with Crippen molar-refractivity contribution < 1.29 is 13.9 Å². The molecule has 2 aromatic carbocycles. The molecule has 6 rings (SSSR count). The maximum absolute atomic E-state index is 13.3. The molecule has 0 atom stereocenters. The van der Waals surface area contributed by atoms with E-state index in [0.29, 0.717) is 33.8 Å². The van der Waals surface area contributed by atoms with E-state index in [4.69, 9.17) is 14.1 Å². The van der Waals surface area contributed by atoms with E-state index in [0.717, 1.165) is 33.7 Å². The molecule has 0 radical (unpaired) electrons. The molecule has 0 fully saturated rings. The summed E-state index contributed by atoms with van der Waals surface area (Å²) < 4.78 is 12.1. The quantitative estimate of drug-likeness (QED) is 0.378. The lowest BCUT2D eigenvalue weighted by atomic mass is 10.0. The van der Waals surface area contributed by atoms with Crippen molar-refractivity contribution >= 4 is 39.4 Å². The van der Waals surface area contributed by atoms with Crippen molar-refractivity contribution in [1.29, 1.82) is 0 Å². The normalized spacial score (nSPS) is 14.1. The zero-order chi connectivity index (χ0) is 23.1. The van der Waals surface area contributed by atoms with E-state index in [-0.39, 0.29) is 12.3 Å². The second-order valence-electron chi connectivity index (χ2n) is 7.99. The van der Waals surface area contributed by atoms with Gasteiger partial charge in [-0.3, -0.25) is 4.79 Å². The summed E-state index contributed by atoms with van der Waals surface area (Å²) >= 11 is 0. The fraction of sp³-hybridized carbons (Fsp3) is 0.115. The number of benzene rings is 2. The summed E-state index contributed by atoms with van der Waals surface area (Å²) in [4.78, 5) is 30.9. The van der Waals surface area contributed by atoms with Gasteiger partial charge in [0.15, 0.2) is 6.73 Å². The number of aromatic nitrogens is 4. The summed E-state index contributed by atoms with van der Waals surface area (Å²) in [7, 11) is 0. The van der Waals surface area contributed by atoms with Crippen LogP contribution in [0.5, 0.6) is 0 Å². The molecule has 0 aliphatic heterocycles. The maximum atomic E-state index is 13.3. The molecule has 34 heavy (non-hydrogen) atoms. The first-order valence-electron chi connectivity index (χ1n) is 10.8. The number of esters is 1. The van der Waals surface area contributed by atoms with Gasteiger partial charge in [0.05, 0.1) is 28.4 Å². The van der Waals surface area contributed by atoms with Crippen LogP contribution in [0, 0.1) is 0 Å². The van der Waals surface area contributed by atoms with Crippen LogP contribution in [0.25, 0.3) is 33.5 Å². The minimum atomic E-state index is -0.532. The number of hydrogen-bond donors (Lipinski definition) is 0. The molecular weight excluding hydrogens is 432 g/mol. The molecule has 8 heteroatoms. The monoisotopic (exact) mass is 450 g/mol. The second kappa shape index (κ2) is 8.08. The van der Waals surface area contributed by atoms with Crippen LogP contribution in [0.1, 0.15) is 33.8 Å². The number of carbonyl (C=O) groups is 1. The molecule has 1 aliphatic rings. The molecule has 1 aliphatic carbocycles. The number of fused-ring (bicyclic) bond motifs is 3. The van der Waals surface area contributed by atoms with Gasteiger partial charge in [0, 0.05) is 5.39 Å². The molecule has 0 saturated heterocycles. The van der Waals surface area contributed by atoms with Gasteiger partial charge in [-0.25, -0.2) is 9.78 Å². The summed E-state index contributed by atoms with van der Waals surface area (Å²) in [6.45, 7) is -0.337. The van der Waals surface area contributed by atoms with Crippen LogP contribution in [0.15, 0.2) is 76.1 Å². The summed E-state index contributed by atoms with van der Waals surface area (Å²) in [5.41, 5.74) is 3.88. The van der Waals surface area contributed by atoms with Crippen LogP contribution in [-0.2, 0) is 17.9 Å². The SMILES string of the molecule is O=C(OCn1nnc2ccccc2c1=O)c1c2c(nc3ccccc13)/C(=C/c1ccco1)CC2. The van der Waals surface area contributed by atoms with Crippen LogP contribution >= 0.6 is 0 Å². The minimum absolute atomic E-state index is 0.337. The Balaban J connectivity index is 1.38. The third kappa shape index (κ3) is 3.36. The summed E-state index contributed by atoms with van der Waals surface area (Å²) in [6, 6.07) is 18.1. The van der Waals surface area contributed by atoms with Gasteiger partial charge < -0.3 is 9.15 Å². The van der Waals surface area contributed by atoms with Gasteiger partial charge >= 0.3 is 5.97 Å². The number of ether oxygens (including phenoxy) is 1. The lowest BCUT2D eigenvalue weighted by molar-refractivity contribution is 0.0337. The molecule has 3 aromatic heterocycles. The van der Waals surface area contributed by atoms with Gasteiger partial charge in [-0.2, -0.15) is 4.68 Å². The highest BCUT2D eigenvalue weighted by molar-refractivity contribution is 6.07. The molecule has 0 unspecified atom stereocenters. The van der Waals surface area contributed by atoms with Crippen molar-refractivity contribution in [3.05, 3.63) is 99.9 Å². The molecule has 166 valence electrons. The highest BCUT2D eigenvalue weighted by Crippen LogP contribution is 2.37. The molecule has 0 saturated carbocycles. The van der Waals surface area contributed by atoms with Crippen LogP contribution < -0.4 is 5.56 Å². The van der Waals surface area contributed by atoms with Crippen LogP contribution in [0.3, 0.4) is 0 Å². The third-order valence-electron chi connectivity index (χ3n) is 5.95. The number of rotatable bonds is 4. The Kier molecular flexibility index (Phi) is 4.76. The highest BCUT2D eigenvalue weighted by atomic mass is 16.5. The van der Waals surface area contributed by atoms with E-state index in [1.54, 1.807) is 30.5 Å². The summed E-state index contributed by atoms with van der Waals surface area (Å²) in [5, 5.41) is 9.07. The number of para-hydroxylation sites is 1. The van der Waals surface area contributed by atoms with Gasteiger partial charge in [-0.05, 0) is 60.4 Å². The van der Waals surface area contributed by atoms with E-state index < -0.39 is 5.97 Å². The number of pyridine rings is 1. The predicted octanol–water partition coefficient (Wildman–Crippen LogP) is 4.23. The number of furan rings is 1. The van der Waals surface area contributed by atoms with Crippen LogP contribution in [0.2, 0.25) is 0 Å². The van der Waals surface area contributed by atoms with E-state index in [2.05, 4.69) is 10.3 Å². The molecule has 3 heterocycles. The lowest BCUT2D eigenvalue weighted by Crippen LogP contribution is -2.26. The minimum Gasteiger partial charge on any atom is -0.465 e. The topological polar surface area (TPSA) is 100 Å². The summed E-state index contributed by atoms with van der Waals surface area (Å²) in [6.07, 6.45) is 4.96. The molecule has 0 bridgehead atoms. The molecule has 0 N–H and O–H groups in total. The Morgan fingerprint density at radius 1 is 1.00 bits per heavy atom. The first-order valence-corrected chi connectivity index (χ1v) is 10.8. The Morgan fingerprint density at radius 3 is 2.62 bits per heavy atom. The second-order valence-corrected chi connectivity index (χ2v) is 7.99. The maximum Gasteiger partial charge on any atom is 0.340 e. The molecule has 5 aromatic rings. The number of carbonyl (C=O) groups excluding carboxylic acids is 1. The fourth-order valence-corrected chi connectivity index (χ4v) is 4.36. The Morgan fingerprint density at radius 2 is 1.79 bits per heavy atom. The van der Waals surface area contributed by atoms with E-state index in [1.807, 2.05) is 42.5 Å². The number of hydrogen-bond acceptors (Lipinski definition) is 7. The molecular formula is C26H18N4O4. The van der Waals surface area contributed by atoms with Crippen molar-refractivity contribution in [1.82, 2.24) is 20.0 Å². The third-order valence-corrected chi connectivity index (χ3v) is 5.95. The van der Waals surface area contributed by atoms with Crippen molar-refractivity contribution in [2.45, 2.75) is 19.6 Å². The zero-order valence-corrected chi connectivity index (χ0v) is 18.0. The number of allylic oxidation sites excluding steroid dienone is 1. The lowest BCUT2D eigenvalue weighted by Gasteiger charge is -2.12. The van der Waals surface area contributed by atoms with Gasteiger partial charge in [0.2, 0.25) is 0 Å². The first-order chi connectivity index (χ1) is 16.7. The predicted molar refractivity (Wildman–Crippen MR) is 126 cm³/mol. The zero-order valence-electron chi connectivity index (χ0n) is 18.0. The summed E-state index contributed by atoms with van der Waals surface area (Å²) in [5.74, 6) is 0.201. The smallest absolute Gasteiger partial charge is 0.340 e. The molecule has 8 nitrogen and oxygen atoms in total. The Hall–Kier alpha value is -4.59. The largest absolute Gasteiger partial charge is 0.465 e. The van der Waals surface area contributed by atoms with Crippen molar-refractivity contribution in [3.63, 3.8) is 0 Å². The van der Waals surface area contributed by atoms with Gasteiger partial charge in [0.1, 0.15) is 11.3 Å². The average molecular weight is 450 g/mol.